The normalized spacial score (nSPS) is 20.2. The van der Waals surface area contributed by atoms with Gasteiger partial charge in [-0.05, 0) is 74.3 Å². The Bertz CT molecular complexity index is 1440. The maximum Gasteiger partial charge on any atom is 0.276 e. The molecule has 2 saturated heterocycles. The molecule has 2 aliphatic rings. The van der Waals surface area contributed by atoms with Crippen LogP contribution in [0.25, 0.3) is 22.0 Å². The molecule has 0 radical (unpaired) electrons. The fourth-order valence-corrected chi connectivity index (χ4v) is 5.43. The number of likely N-dealkylation sites (tertiary alicyclic amines) is 1. The van der Waals surface area contributed by atoms with Crippen LogP contribution < -0.4 is 10.2 Å². The van der Waals surface area contributed by atoms with E-state index in [2.05, 4.69) is 36.4 Å². The number of amides is 1. The predicted molar refractivity (Wildman–Crippen MR) is 147 cm³/mol. The third-order valence-corrected chi connectivity index (χ3v) is 7.51. The second-order valence-electron chi connectivity index (χ2n) is 10.7. The summed E-state index contributed by atoms with van der Waals surface area (Å²) in [4.78, 5) is 26.5. The third-order valence-electron chi connectivity index (χ3n) is 7.51. The van der Waals surface area contributed by atoms with Gasteiger partial charge in [0.2, 0.25) is 0 Å². The number of anilines is 2. The van der Waals surface area contributed by atoms with E-state index in [1.807, 2.05) is 41.6 Å². The van der Waals surface area contributed by atoms with Gasteiger partial charge in [-0.25, -0.2) is 9.37 Å². The number of nitrogens with zero attached hydrogens (tertiary/aromatic N) is 5. The average molecular weight is 514 g/mol. The van der Waals surface area contributed by atoms with Gasteiger partial charge in [-0.3, -0.25) is 19.8 Å². The van der Waals surface area contributed by atoms with E-state index in [1.54, 1.807) is 19.2 Å². The van der Waals surface area contributed by atoms with Crippen molar-refractivity contribution in [3.8, 4) is 11.1 Å². The van der Waals surface area contributed by atoms with E-state index < -0.39 is 5.67 Å². The lowest BCUT2D eigenvalue weighted by Gasteiger charge is -2.26. The number of hydrogen-bond acceptors (Lipinski definition) is 6. The van der Waals surface area contributed by atoms with Crippen LogP contribution in [0.3, 0.4) is 0 Å². The molecule has 1 unspecified atom stereocenters. The lowest BCUT2D eigenvalue weighted by Crippen LogP contribution is -2.29. The molecule has 9 heteroatoms. The van der Waals surface area contributed by atoms with Crippen LogP contribution in [0.1, 0.15) is 48.7 Å². The standard InChI is InChI=1S/C29H32FN7O/c1-29(30)9-12-37(19-29)26-8-6-23(17-32-26)33-28(38)27-24-14-21(5-7-25(24)34-35-27)22-13-20(15-31-16-22)18-36-10-3-2-4-11-36/h5-8,13-17H,2-4,9-12,18-19H2,1H3,(H,33,38)(H,34,35). The molecular weight excluding hydrogens is 481 g/mol. The number of hydrogen-bond donors (Lipinski definition) is 2. The van der Waals surface area contributed by atoms with Gasteiger partial charge in [0.25, 0.3) is 5.91 Å². The first kappa shape index (κ1) is 24.5. The topological polar surface area (TPSA) is 90.0 Å². The van der Waals surface area contributed by atoms with Crippen molar-refractivity contribution in [2.75, 3.05) is 36.4 Å². The number of fused-ring (bicyclic) bond motifs is 1. The summed E-state index contributed by atoms with van der Waals surface area (Å²) in [6, 6.07) is 11.7. The van der Waals surface area contributed by atoms with Crippen molar-refractivity contribution < 1.29 is 9.18 Å². The van der Waals surface area contributed by atoms with E-state index in [4.69, 9.17) is 0 Å². The van der Waals surface area contributed by atoms with Gasteiger partial charge in [0.05, 0.1) is 23.9 Å². The SMILES string of the molecule is CC1(F)CCN(c2ccc(NC(=O)c3n[nH]c4ccc(-c5cncc(CN6CCCCC6)c5)cc34)cn2)C1. The number of carbonyl (C=O) groups is 1. The van der Waals surface area contributed by atoms with Crippen LogP contribution in [0.5, 0.6) is 0 Å². The number of benzene rings is 1. The van der Waals surface area contributed by atoms with Gasteiger partial charge in [0.15, 0.2) is 5.69 Å². The third kappa shape index (κ3) is 5.24. The zero-order valence-corrected chi connectivity index (χ0v) is 21.6. The molecule has 1 atom stereocenters. The van der Waals surface area contributed by atoms with Gasteiger partial charge in [0.1, 0.15) is 11.5 Å². The van der Waals surface area contributed by atoms with E-state index >= 15 is 0 Å². The van der Waals surface area contributed by atoms with Gasteiger partial charge in [-0.1, -0.05) is 12.5 Å². The molecule has 5 heterocycles. The summed E-state index contributed by atoms with van der Waals surface area (Å²) in [6.07, 6.45) is 9.71. The van der Waals surface area contributed by atoms with E-state index in [1.165, 1.54) is 24.8 Å². The van der Waals surface area contributed by atoms with Crippen molar-refractivity contribution in [1.82, 2.24) is 25.1 Å². The van der Waals surface area contributed by atoms with Crippen molar-refractivity contribution in [1.29, 1.82) is 0 Å². The fourth-order valence-electron chi connectivity index (χ4n) is 5.43. The quantitative estimate of drug-likeness (QED) is 0.369. The minimum atomic E-state index is -1.20. The molecule has 4 aromatic rings. The van der Waals surface area contributed by atoms with Crippen LogP contribution >= 0.6 is 0 Å². The number of pyridine rings is 2. The highest BCUT2D eigenvalue weighted by atomic mass is 19.1. The van der Waals surface area contributed by atoms with Gasteiger partial charge in [0, 0.05) is 42.9 Å². The highest BCUT2D eigenvalue weighted by molar-refractivity contribution is 6.11. The van der Waals surface area contributed by atoms with Gasteiger partial charge in [-0.2, -0.15) is 5.10 Å². The Balaban J connectivity index is 1.18. The smallest absolute Gasteiger partial charge is 0.276 e. The van der Waals surface area contributed by atoms with Crippen molar-refractivity contribution in [2.45, 2.75) is 44.8 Å². The predicted octanol–water partition coefficient (Wildman–Crippen LogP) is 5.20. The molecule has 6 rings (SSSR count). The number of halogens is 1. The molecule has 2 fully saturated rings. The van der Waals surface area contributed by atoms with Crippen molar-refractivity contribution in [3.05, 3.63) is 66.2 Å². The maximum absolute atomic E-state index is 14.2. The van der Waals surface area contributed by atoms with Gasteiger partial charge < -0.3 is 10.2 Å². The number of rotatable bonds is 6. The van der Waals surface area contributed by atoms with Crippen molar-refractivity contribution in [2.24, 2.45) is 0 Å². The van der Waals surface area contributed by atoms with Crippen LogP contribution in [-0.2, 0) is 6.54 Å². The van der Waals surface area contributed by atoms with Crippen LogP contribution in [0.15, 0.2) is 55.0 Å². The number of aromatic amines is 1. The van der Waals surface area contributed by atoms with Crippen LogP contribution in [0.4, 0.5) is 15.9 Å². The molecule has 2 N–H and O–H groups in total. The van der Waals surface area contributed by atoms with E-state index in [9.17, 15) is 9.18 Å². The summed E-state index contributed by atoms with van der Waals surface area (Å²) in [5.74, 6) is 0.382. The van der Waals surface area contributed by atoms with Gasteiger partial charge in [-0.15, -0.1) is 0 Å². The number of aromatic nitrogens is 4. The van der Waals surface area contributed by atoms with Crippen molar-refractivity contribution in [3.63, 3.8) is 0 Å². The largest absolute Gasteiger partial charge is 0.353 e. The minimum absolute atomic E-state index is 0.316. The summed E-state index contributed by atoms with van der Waals surface area (Å²) in [5.41, 5.74) is 3.65. The highest BCUT2D eigenvalue weighted by Gasteiger charge is 2.34. The first-order valence-electron chi connectivity index (χ1n) is 13.3. The van der Waals surface area contributed by atoms with E-state index in [-0.39, 0.29) is 5.91 Å². The Morgan fingerprint density at radius 1 is 1.05 bits per heavy atom. The molecule has 196 valence electrons. The number of carbonyl (C=O) groups excluding carboxylic acids is 1. The number of piperidine rings is 1. The molecule has 0 bridgehead atoms. The molecule has 0 aliphatic carbocycles. The van der Waals surface area contributed by atoms with Crippen LogP contribution in [0.2, 0.25) is 0 Å². The number of H-pyrrole nitrogens is 1. The van der Waals surface area contributed by atoms with Crippen LogP contribution in [0, 0.1) is 0 Å². The second kappa shape index (κ2) is 10.1. The van der Waals surface area contributed by atoms with Crippen LogP contribution in [-0.4, -0.2) is 62.8 Å². The zero-order chi connectivity index (χ0) is 26.1. The first-order chi connectivity index (χ1) is 18.4. The zero-order valence-electron chi connectivity index (χ0n) is 21.6. The number of nitrogens with one attached hydrogen (secondary N) is 2. The highest BCUT2D eigenvalue weighted by Crippen LogP contribution is 2.29. The molecule has 0 spiro atoms. The summed E-state index contributed by atoms with van der Waals surface area (Å²) in [7, 11) is 0. The second-order valence-corrected chi connectivity index (χ2v) is 10.7. The molecule has 38 heavy (non-hydrogen) atoms. The molecule has 3 aromatic heterocycles. The Kier molecular flexibility index (Phi) is 6.53. The monoisotopic (exact) mass is 513 g/mol. The maximum atomic E-state index is 14.2. The lowest BCUT2D eigenvalue weighted by molar-refractivity contribution is 0.102. The molecule has 2 aliphatic heterocycles. The fraction of sp³-hybridized carbons (Fsp3) is 0.379. The molecule has 1 aromatic carbocycles. The summed E-state index contributed by atoms with van der Waals surface area (Å²) < 4.78 is 14.2. The first-order valence-corrected chi connectivity index (χ1v) is 13.3. The Hall–Kier alpha value is -3.85. The molecule has 0 saturated carbocycles. The van der Waals surface area contributed by atoms with E-state index in [0.29, 0.717) is 36.7 Å². The average Bonchev–Trinajstić information content (AvgIpc) is 3.52. The van der Waals surface area contributed by atoms with E-state index in [0.717, 1.165) is 41.7 Å². The molecule has 8 nitrogen and oxygen atoms in total. The molecular formula is C29H32FN7O. The summed E-state index contributed by atoms with van der Waals surface area (Å²) in [6.45, 7) is 5.74. The summed E-state index contributed by atoms with van der Waals surface area (Å²) >= 11 is 0. The Morgan fingerprint density at radius 2 is 1.92 bits per heavy atom. The Labute approximate surface area is 221 Å². The number of alkyl halides is 1. The van der Waals surface area contributed by atoms with Gasteiger partial charge >= 0.3 is 0 Å². The lowest BCUT2D eigenvalue weighted by atomic mass is 10.0. The summed E-state index contributed by atoms with van der Waals surface area (Å²) in [5, 5.41) is 10.9. The minimum Gasteiger partial charge on any atom is -0.353 e. The Morgan fingerprint density at radius 3 is 2.68 bits per heavy atom. The molecule has 1 amide bonds. The van der Waals surface area contributed by atoms with Crippen molar-refractivity contribution >= 4 is 28.3 Å².